The van der Waals surface area contributed by atoms with E-state index in [0.29, 0.717) is 19.8 Å². The first-order valence-corrected chi connectivity index (χ1v) is 6.48. The summed E-state index contributed by atoms with van der Waals surface area (Å²) < 4.78 is 17.7. The number of methoxy groups -OCH3 is 1. The van der Waals surface area contributed by atoms with Gasteiger partial charge in [0.25, 0.3) is 0 Å². The molecule has 0 fully saturated rings. The zero-order valence-electron chi connectivity index (χ0n) is 10.4. The highest BCUT2D eigenvalue weighted by Gasteiger charge is 2.21. The van der Waals surface area contributed by atoms with Crippen molar-refractivity contribution in [2.45, 2.75) is 13.0 Å². The van der Waals surface area contributed by atoms with Crippen LogP contribution in [0.4, 0.5) is 0 Å². The van der Waals surface area contributed by atoms with Crippen LogP contribution in [-0.4, -0.2) is 27.4 Å². The van der Waals surface area contributed by atoms with Gasteiger partial charge in [-0.3, -0.25) is 0 Å². The topological polar surface area (TPSA) is 49.0 Å². The van der Waals surface area contributed by atoms with Crippen molar-refractivity contribution in [3.8, 4) is 17.2 Å². The van der Waals surface area contributed by atoms with Gasteiger partial charge in [0, 0.05) is 12.5 Å². The van der Waals surface area contributed by atoms with Crippen LogP contribution < -0.4 is 19.7 Å². The third kappa shape index (κ3) is 2.71. The van der Waals surface area contributed by atoms with E-state index in [1.165, 1.54) is 0 Å². The summed E-state index contributed by atoms with van der Waals surface area (Å²) in [6, 6.07) is 1.87. The first-order valence-electron chi connectivity index (χ1n) is 5.68. The Bertz CT molecular complexity index is 425. The predicted molar refractivity (Wildman–Crippen MR) is 70.1 cm³/mol. The summed E-state index contributed by atoms with van der Waals surface area (Å²) in [5, 5.41) is 0. The molecule has 18 heavy (non-hydrogen) atoms. The molecule has 0 spiro atoms. The van der Waals surface area contributed by atoms with Crippen LogP contribution in [0.15, 0.2) is 10.5 Å². The Hall–Kier alpha value is -0.980. The lowest BCUT2D eigenvalue weighted by molar-refractivity contribution is 0.0852. The summed E-state index contributed by atoms with van der Waals surface area (Å²) in [5.41, 5.74) is 3.68. The number of hydroxylamine groups is 1. The molecule has 2 rings (SSSR count). The molecule has 1 N–H and O–H groups in total. The lowest BCUT2D eigenvalue weighted by Gasteiger charge is -2.17. The van der Waals surface area contributed by atoms with Crippen molar-refractivity contribution in [1.82, 2.24) is 5.48 Å². The van der Waals surface area contributed by atoms with Gasteiger partial charge < -0.3 is 19.0 Å². The molecule has 1 aliphatic rings. The van der Waals surface area contributed by atoms with Gasteiger partial charge in [-0.1, -0.05) is 0 Å². The molecule has 0 atom stereocenters. The van der Waals surface area contributed by atoms with Gasteiger partial charge in [0.05, 0.1) is 44.0 Å². The second kappa shape index (κ2) is 6.26. The Kier molecular flexibility index (Phi) is 4.68. The van der Waals surface area contributed by atoms with Crippen LogP contribution in [0.3, 0.4) is 0 Å². The van der Waals surface area contributed by atoms with Crippen molar-refractivity contribution in [2.75, 3.05) is 27.4 Å². The molecule has 0 unspecified atom stereocenters. The molecule has 1 aromatic carbocycles. The van der Waals surface area contributed by atoms with Gasteiger partial charge in [0.1, 0.15) is 5.75 Å². The number of fused-ring (bicyclic) bond motifs is 1. The van der Waals surface area contributed by atoms with Crippen molar-refractivity contribution in [2.24, 2.45) is 0 Å². The standard InChI is InChI=1S/C12H16BrNO4/c1-15-11-8(7-14-16-2)12-10(6-9(11)13)17-4-3-5-18-12/h6,14H,3-5,7H2,1-2H3. The van der Waals surface area contributed by atoms with Crippen molar-refractivity contribution < 1.29 is 19.0 Å². The Balaban J connectivity index is 2.46. The second-order valence-corrected chi connectivity index (χ2v) is 4.63. The maximum absolute atomic E-state index is 5.75. The van der Waals surface area contributed by atoms with Crippen molar-refractivity contribution >= 4 is 15.9 Å². The van der Waals surface area contributed by atoms with Crippen LogP contribution >= 0.6 is 15.9 Å². The number of nitrogens with one attached hydrogen (secondary N) is 1. The summed E-state index contributed by atoms with van der Waals surface area (Å²) >= 11 is 3.47. The summed E-state index contributed by atoms with van der Waals surface area (Å²) in [7, 11) is 3.20. The van der Waals surface area contributed by atoms with Crippen LogP contribution in [0.1, 0.15) is 12.0 Å². The molecule has 0 saturated carbocycles. The molecule has 1 aromatic rings. The van der Waals surface area contributed by atoms with E-state index in [9.17, 15) is 0 Å². The van der Waals surface area contributed by atoms with Crippen LogP contribution in [0.5, 0.6) is 17.2 Å². The number of hydrogen-bond donors (Lipinski definition) is 1. The first-order chi connectivity index (χ1) is 8.77. The fraction of sp³-hybridized carbons (Fsp3) is 0.500. The zero-order valence-corrected chi connectivity index (χ0v) is 12.0. The summed E-state index contributed by atoms with van der Waals surface area (Å²) in [5.74, 6) is 2.17. The average molecular weight is 318 g/mol. The molecule has 1 heterocycles. The lowest BCUT2D eigenvalue weighted by atomic mass is 10.1. The summed E-state index contributed by atoms with van der Waals surface area (Å²) in [6.45, 7) is 1.77. The van der Waals surface area contributed by atoms with Crippen molar-refractivity contribution in [3.63, 3.8) is 0 Å². The van der Waals surface area contributed by atoms with E-state index in [-0.39, 0.29) is 0 Å². The normalized spacial score (nSPS) is 14.2. The monoisotopic (exact) mass is 317 g/mol. The highest BCUT2D eigenvalue weighted by atomic mass is 79.9. The molecule has 100 valence electrons. The molecule has 0 aromatic heterocycles. The van der Waals surface area contributed by atoms with Gasteiger partial charge in [-0.2, -0.15) is 5.48 Å². The first kappa shape index (κ1) is 13.5. The smallest absolute Gasteiger partial charge is 0.169 e. The number of halogens is 1. The van der Waals surface area contributed by atoms with E-state index in [1.807, 2.05) is 6.07 Å². The van der Waals surface area contributed by atoms with E-state index >= 15 is 0 Å². The van der Waals surface area contributed by atoms with Crippen molar-refractivity contribution in [1.29, 1.82) is 0 Å². The molecule has 0 saturated heterocycles. The average Bonchev–Trinajstić information content (AvgIpc) is 2.60. The minimum Gasteiger partial charge on any atom is -0.495 e. The van der Waals surface area contributed by atoms with Crippen LogP contribution in [-0.2, 0) is 11.4 Å². The van der Waals surface area contributed by atoms with Gasteiger partial charge >= 0.3 is 0 Å². The fourth-order valence-electron chi connectivity index (χ4n) is 1.85. The Morgan fingerprint density at radius 3 is 2.83 bits per heavy atom. The minimum atomic E-state index is 0.477. The Morgan fingerprint density at radius 2 is 2.11 bits per heavy atom. The Labute approximate surface area is 114 Å². The summed E-state index contributed by atoms with van der Waals surface area (Å²) in [4.78, 5) is 4.89. The van der Waals surface area contributed by atoms with Crippen LogP contribution in [0, 0.1) is 0 Å². The fourth-order valence-corrected chi connectivity index (χ4v) is 2.46. The molecule has 1 aliphatic heterocycles. The maximum atomic E-state index is 5.75. The molecule has 5 nitrogen and oxygen atoms in total. The lowest BCUT2D eigenvalue weighted by Crippen LogP contribution is -2.13. The molecule has 6 heteroatoms. The number of benzene rings is 1. The molecular formula is C12H16BrNO4. The van der Waals surface area contributed by atoms with E-state index < -0.39 is 0 Å². The van der Waals surface area contributed by atoms with Gasteiger partial charge in [-0.05, 0) is 15.9 Å². The molecule has 0 bridgehead atoms. The number of rotatable bonds is 4. The Morgan fingerprint density at radius 1 is 1.33 bits per heavy atom. The van der Waals surface area contributed by atoms with Gasteiger partial charge in [0.2, 0.25) is 0 Å². The second-order valence-electron chi connectivity index (χ2n) is 3.77. The van der Waals surface area contributed by atoms with Crippen molar-refractivity contribution in [3.05, 3.63) is 16.1 Å². The van der Waals surface area contributed by atoms with Gasteiger partial charge in [-0.15, -0.1) is 0 Å². The van der Waals surface area contributed by atoms with Crippen LogP contribution in [0.2, 0.25) is 0 Å². The minimum absolute atomic E-state index is 0.477. The highest BCUT2D eigenvalue weighted by Crippen LogP contribution is 2.43. The van der Waals surface area contributed by atoms with Gasteiger partial charge in [0.15, 0.2) is 11.5 Å². The quantitative estimate of drug-likeness (QED) is 0.863. The molecular weight excluding hydrogens is 302 g/mol. The highest BCUT2D eigenvalue weighted by molar-refractivity contribution is 9.10. The molecule has 0 radical (unpaired) electrons. The van der Waals surface area contributed by atoms with Gasteiger partial charge in [-0.25, -0.2) is 0 Å². The predicted octanol–water partition coefficient (Wildman–Crippen LogP) is 2.27. The molecule has 0 aliphatic carbocycles. The van der Waals surface area contributed by atoms with E-state index in [4.69, 9.17) is 19.0 Å². The largest absolute Gasteiger partial charge is 0.495 e. The number of hydrogen-bond acceptors (Lipinski definition) is 5. The third-order valence-electron chi connectivity index (χ3n) is 2.64. The van der Waals surface area contributed by atoms with E-state index in [2.05, 4.69) is 21.4 Å². The number of ether oxygens (including phenoxy) is 3. The molecule has 0 amide bonds. The van der Waals surface area contributed by atoms with E-state index in [1.54, 1.807) is 14.2 Å². The SMILES string of the molecule is CONCc1c(OC)c(Br)cc2c1OCCCO2. The maximum Gasteiger partial charge on any atom is 0.169 e. The van der Waals surface area contributed by atoms with E-state index in [0.717, 1.165) is 33.7 Å². The third-order valence-corrected chi connectivity index (χ3v) is 3.23. The summed E-state index contributed by atoms with van der Waals surface area (Å²) in [6.07, 6.45) is 0.867. The zero-order chi connectivity index (χ0) is 13.0. The van der Waals surface area contributed by atoms with Crippen LogP contribution in [0.25, 0.3) is 0 Å².